The highest BCUT2D eigenvalue weighted by Crippen LogP contribution is 2.30. The van der Waals surface area contributed by atoms with E-state index >= 15 is 0 Å². The molecule has 1 saturated carbocycles. The van der Waals surface area contributed by atoms with E-state index in [1.54, 1.807) is 23.0 Å². The van der Waals surface area contributed by atoms with Gasteiger partial charge in [0.25, 0.3) is 5.91 Å². The van der Waals surface area contributed by atoms with Gasteiger partial charge in [-0.2, -0.15) is 5.10 Å². The molecule has 3 heterocycles. The molecule has 7 nitrogen and oxygen atoms in total. The molecule has 7 heteroatoms. The van der Waals surface area contributed by atoms with Crippen molar-refractivity contribution in [2.75, 3.05) is 0 Å². The number of carbonyl (C=O) groups excluding carboxylic acids is 1. The molecule has 24 heavy (non-hydrogen) atoms. The molecule has 118 valence electrons. The fourth-order valence-electron chi connectivity index (χ4n) is 2.80. The van der Waals surface area contributed by atoms with Crippen molar-refractivity contribution in [3.05, 3.63) is 48.7 Å². The van der Waals surface area contributed by atoms with Crippen LogP contribution < -0.4 is 5.32 Å². The van der Waals surface area contributed by atoms with Gasteiger partial charge >= 0.3 is 0 Å². The molecule has 1 amide bonds. The summed E-state index contributed by atoms with van der Waals surface area (Å²) in [4.78, 5) is 21.1. The van der Waals surface area contributed by atoms with Crippen LogP contribution in [0.4, 0.5) is 0 Å². The predicted molar refractivity (Wildman–Crippen MR) is 86.5 cm³/mol. The standard InChI is InChI=1S/C17H13N5O2/c23-17(20-11-3-4-11)15-14(16-18-6-1-7-22(16)21-15)10-2-5-12-13(8-10)24-9-19-12/h1-2,5-9,11H,3-4H2,(H,20,23). The largest absolute Gasteiger partial charge is 0.443 e. The van der Waals surface area contributed by atoms with E-state index in [4.69, 9.17) is 4.42 Å². The van der Waals surface area contributed by atoms with Crippen LogP contribution >= 0.6 is 0 Å². The molecule has 0 bridgehead atoms. The van der Waals surface area contributed by atoms with E-state index in [9.17, 15) is 4.79 Å². The molecular formula is C17H13N5O2. The molecule has 0 atom stereocenters. The first-order valence-electron chi connectivity index (χ1n) is 7.77. The maximum Gasteiger partial charge on any atom is 0.272 e. The molecular weight excluding hydrogens is 306 g/mol. The maximum atomic E-state index is 12.6. The molecule has 0 saturated heterocycles. The van der Waals surface area contributed by atoms with E-state index in [1.165, 1.54) is 6.39 Å². The smallest absolute Gasteiger partial charge is 0.272 e. The Balaban J connectivity index is 1.73. The number of nitrogens with zero attached hydrogens (tertiary/aromatic N) is 4. The highest BCUT2D eigenvalue weighted by molar-refractivity contribution is 6.03. The summed E-state index contributed by atoms with van der Waals surface area (Å²) in [5, 5.41) is 7.43. The monoisotopic (exact) mass is 319 g/mol. The Morgan fingerprint density at radius 1 is 1.29 bits per heavy atom. The van der Waals surface area contributed by atoms with E-state index in [0.717, 1.165) is 23.9 Å². The van der Waals surface area contributed by atoms with Crippen LogP contribution in [0.2, 0.25) is 0 Å². The molecule has 0 unspecified atom stereocenters. The second kappa shape index (κ2) is 4.89. The molecule has 1 N–H and O–H groups in total. The lowest BCUT2D eigenvalue weighted by Gasteiger charge is -2.04. The minimum Gasteiger partial charge on any atom is -0.443 e. The Morgan fingerprint density at radius 3 is 3.08 bits per heavy atom. The van der Waals surface area contributed by atoms with Crippen LogP contribution in [-0.2, 0) is 0 Å². The van der Waals surface area contributed by atoms with Gasteiger partial charge in [-0.3, -0.25) is 4.79 Å². The summed E-state index contributed by atoms with van der Waals surface area (Å²) in [6.45, 7) is 0. The van der Waals surface area contributed by atoms with Crippen molar-refractivity contribution < 1.29 is 9.21 Å². The predicted octanol–water partition coefficient (Wildman–Crippen LogP) is 2.43. The summed E-state index contributed by atoms with van der Waals surface area (Å²) in [6.07, 6.45) is 6.93. The van der Waals surface area contributed by atoms with Gasteiger partial charge < -0.3 is 9.73 Å². The third-order valence-corrected chi connectivity index (χ3v) is 4.14. The third kappa shape index (κ3) is 2.05. The van der Waals surface area contributed by atoms with Crippen LogP contribution in [0.15, 0.2) is 47.5 Å². The van der Waals surface area contributed by atoms with Crippen molar-refractivity contribution in [1.82, 2.24) is 24.9 Å². The van der Waals surface area contributed by atoms with Gasteiger partial charge in [0.2, 0.25) is 0 Å². The molecule has 3 aromatic heterocycles. The van der Waals surface area contributed by atoms with Gasteiger partial charge in [-0.15, -0.1) is 0 Å². The Labute approximate surface area is 136 Å². The number of nitrogens with one attached hydrogen (secondary N) is 1. The molecule has 4 aromatic rings. The van der Waals surface area contributed by atoms with Crippen molar-refractivity contribution in [2.24, 2.45) is 0 Å². The van der Waals surface area contributed by atoms with E-state index in [1.807, 2.05) is 18.2 Å². The van der Waals surface area contributed by atoms with Gasteiger partial charge in [-0.1, -0.05) is 6.07 Å². The SMILES string of the molecule is O=C(NC1CC1)c1nn2cccnc2c1-c1ccc2ncoc2c1. The minimum atomic E-state index is -0.171. The number of rotatable bonds is 3. The summed E-state index contributed by atoms with van der Waals surface area (Å²) in [5.74, 6) is -0.171. The van der Waals surface area contributed by atoms with Crippen molar-refractivity contribution in [3.63, 3.8) is 0 Å². The zero-order chi connectivity index (χ0) is 16.1. The van der Waals surface area contributed by atoms with Crippen LogP contribution in [0, 0.1) is 0 Å². The van der Waals surface area contributed by atoms with Crippen LogP contribution in [0.3, 0.4) is 0 Å². The number of fused-ring (bicyclic) bond motifs is 2. The molecule has 0 spiro atoms. The first-order valence-corrected chi connectivity index (χ1v) is 7.77. The Kier molecular flexibility index (Phi) is 2.70. The molecule has 1 aliphatic carbocycles. The van der Waals surface area contributed by atoms with E-state index in [0.29, 0.717) is 22.5 Å². The summed E-state index contributed by atoms with van der Waals surface area (Å²) in [6, 6.07) is 7.68. The van der Waals surface area contributed by atoms with Crippen LogP contribution in [0.5, 0.6) is 0 Å². The fourth-order valence-corrected chi connectivity index (χ4v) is 2.80. The van der Waals surface area contributed by atoms with Crippen LogP contribution in [0.25, 0.3) is 27.9 Å². The lowest BCUT2D eigenvalue weighted by atomic mass is 10.0. The number of hydrogen-bond acceptors (Lipinski definition) is 5. The number of aromatic nitrogens is 4. The van der Waals surface area contributed by atoms with Gasteiger partial charge in [0.1, 0.15) is 5.52 Å². The minimum absolute atomic E-state index is 0.171. The Hall–Kier alpha value is -3.22. The van der Waals surface area contributed by atoms with Crippen molar-refractivity contribution in [3.8, 4) is 11.1 Å². The molecule has 1 aliphatic rings. The highest BCUT2D eigenvalue weighted by Gasteiger charge is 2.28. The second-order valence-corrected chi connectivity index (χ2v) is 5.89. The average Bonchev–Trinajstić information content (AvgIpc) is 3.15. The molecule has 0 aliphatic heterocycles. The summed E-state index contributed by atoms with van der Waals surface area (Å²) in [7, 11) is 0. The van der Waals surface area contributed by atoms with Gasteiger partial charge in [-0.25, -0.2) is 14.5 Å². The van der Waals surface area contributed by atoms with E-state index in [2.05, 4.69) is 20.4 Å². The number of hydrogen-bond donors (Lipinski definition) is 1. The number of benzene rings is 1. The Bertz CT molecular complexity index is 1080. The molecule has 1 fully saturated rings. The first-order chi connectivity index (χ1) is 11.8. The first kappa shape index (κ1) is 13.2. The fraction of sp³-hybridized carbons (Fsp3) is 0.176. The van der Waals surface area contributed by atoms with Gasteiger partial charge in [-0.05, 0) is 36.6 Å². The highest BCUT2D eigenvalue weighted by atomic mass is 16.3. The molecule has 5 rings (SSSR count). The van der Waals surface area contributed by atoms with Gasteiger partial charge in [0.05, 0.1) is 5.56 Å². The quantitative estimate of drug-likeness (QED) is 0.627. The van der Waals surface area contributed by atoms with E-state index < -0.39 is 0 Å². The summed E-state index contributed by atoms with van der Waals surface area (Å²) in [5.41, 5.74) is 3.97. The summed E-state index contributed by atoms with van der Waals surface area (Å²) >= 11 is 0. The number of amides is 1. The van der Waals surface area contributed by atoms with Crippen LogP contribution in [0.1, 0.15) is 23.3 Å². The van der Waals surface area contributed by atoms with Crippen molar-refractivity contribution in [2.45, 2.75) is 18.9 Å². The zero-order valence-corrected chi connectivity index (χ0v) is 12.6. The summed E-state index contributed by atoms with van der Waals surface area (Å²) < 4.78 is 7.01. The van der Waals surface area contributed by atoms with Crippen LogP contribution in [-0.4, -0.2) is 31.5 Å². The Morgan fingerprint density at radius 2 is 2.21 bits per heavy atom. The normalized spacial score (nSPS) is 14.3. The molecule has 1 aromatic carbocycles. The number of carbonyl (C=O) groups is 1. The van der Waals surface area contributed by atoms with Crippen molar-refractivity contribution >= 4 is 22.7 Å². The average molecular weight is 319 g/mol. The van der Waals surface area contributed by atoms with Crippen molar-refractivity contribution in [1.29, 1.82) is 0 Å². The number of oxazole rings is 1. The third-order valence-electron chi connectivity index (χ3n) is 4.14. The van der Waals surface area contributed by atoms with Gasteiger partial charge in [0.15, 0.2) is 23.3 Å². The topological polar surface area (TPSA) is 85.3 Å². The zero-order valence-electron chi connectivity index (χ0n) is 12.6. The van der Waals surface area contributed by atoms with Gasteiger partial charge in [0, 0.05) is 18.4 Å². The lowest BCUT2D eigenvalue weighted by molar-refractivity contribution is 0.0946. The van der Waals surface area contributed by atoms with E-state index in [-0.39, 0.29) is 11.9 Å². The molecule has 0 radical (unpaired) electrons. The second-order valence-electron chi connectivity index (χ2n) is 5.89. The lowest BCUT2D eigenvalue weighted by Crippen LogP contribution is -2.26. The maximum absolute atomic E-state index is 12.6.